The van der Waals surface area contributed by atoms with Crippen molar-refractivity contribution >= 4 is 11.8 Å². The van der Waals surface area contributed by atoms with Crippen molar-refractivity contribution in [1.29, 1.82) is 0 Å². The fourth-order valence-corrected chi connectivity index (χ4v) is 5.35. The van der Waals surface area contributed by atoms with Crippen molar-refractivity contribution in [3.63, 3.8) is 0 Å². The molecule has 9 heteroatoms. The van der Waals surface area contributed by atoms with Gasteiger partial charge in [-0.25, -0.2) is 0 Å². The lowest BCUT2D eigenvalue weighted by atomic mass is 9.77. The van der Waals surface area contributed by atoms with Crippen molar-refractivity contribution < 1.29 is 28.9 Å². The van der Waals surface area contributed by atoms with Crippen LogP contribution in [0.25, 0.3) is 0 Å². The van der Waals surface area contributed by atoms with Crippen molar-refractivity contribution in [2.45, 2.75) is 89.9 Å². The molecule has 0 saturated heterocycles. The van der Waals surface area contributed by atoms with Crippen LogP contribution < -0.4 is 21.1 Å². The van der Waals surface area contributed by atoms with Crippen LogP contribution in [0.2, 0.25) is 0 Å². The molecule has 228 valence electrons. The van der Waals surface area contributed by atoms with Gasteiger partial charge in [0.1, 0.15) is 11.4 Å². The number of ether oxygens (including phenoxy) is 3. The predicted octanol–water partition coefficient (Wildman–Crippen LogP) is 3.67. The van der Waals surface area contributed by atoms with Gasteiger partial charge in [-0.3, -0.25) is 9.59 Å². The van der Waals surface area contributed by atoms with Gasteiger partial charge in [-0.2, -0.15) is 0 Å². The summed E-state index contributed by atoms with van der Waals surface area (Å²) < 4.78 is 16.6. The summed E-state index contributed by atoms with van der Waals surface area (Å²) in [7, 11) is 3.25. The summed E-state index contributed by atoms with van der Waals surface area (Å²) in [5, 5.41) is 16.7. The summed E-state index contributed by atoms with van der Waals surface area (Å²) in [6, 6.07) is 6.66. The van der Waals surface area contributed by atoms with Gasteiger partial charge in [-0.15, -0.1) is 0 Å². The third-order valence-electron chi connectivity index (χ3n) is 8.40. The second-order valence-corrected chi connectivity index (χ2v) is 11.6. The number of unbranched alkanes of at least 4 members (excludes halogenated alkanes) is 1. The molecule has 0 bridgehead atoms. The van der Waals surface area contributed by atoms with Crippen LogP contribution in [0.3, 0.4) is 0 Å². The highest BCUT2D eigenvalue weighted by atomic mass is 16.5. The summed E-state index contributed by atoms with van der Waals surface area (Å²) in [5.74, 6) is 0.567. The molecule has 9 nitrogen and oxygen atoms in total. The molecule has 0 aliphatic heterocycles. The second kappa shape index (κ2) is 17.6. The Hall–Kier alpha value is -2.20. The number of benzene rings is 1. The Labute approximate surface area is 240 Å². The van der Waals surface area contributed by atoms with E-state index in [-0.39, 0.29) is 36.1 Å². The van der Waals surface area contributed by atoms with Crippen molar-refractivity contribution in [2.24, 2.45) is 23.5 Å². The first-order chi connectivity index (χ1) is 19.1. The zero-order valence-electron chi connectivity index (χ0n) is 25.2. The monoisotopic (exact) mass is 563 g/mol. The maximum Gasteiger partial charge on any atom is 0.255 e. The van der Waals surface area contributed by atoms with E-state index in [9.17, 15) is 14.7 Å². The highest BCUT2D eigenvalue weighted by Crippen LogP contribution is 2.35. The van der Waals surface area contributed by atoms with Gasteiger partial charge >= 0.3 is 0 Å². The Bertz CT molecular complexity index is 892. The van der Waals surface area contributed by atoms with E-state index >= 15 is 0 Å². The zero-order chi connectivity index (χ0) is 29.5. The fraction of sp³-hybridized carbons (Fsp3) is 0.742. The molecule has 2 rings (SSSR count). The number of carbonyl (C=O) groups excluding carboxylic acids is 2. The molecule has 1 aliphatic rings. The molecule has 1 saturated carbocycles. The number of nitrogens with two attached hydrogens (primary N) is 1. The van der Waals surface area contributed by atoms with Crippen LogP contribution in [0.5, 0.6) is 5.75 Å². The van der Waals surface area contributed by atoms with Crippen LogP contribution in [-0.4, -0.2) is 75.2 Å². The van der Waals surface area contributed by atoms with E-state index in [2.05, 4.69) is 24.5 Å². The molecule has 40 heavy (non-hydrogen) atoms. The Kier molecular flexibility index (Phi) is 14.9. The van der Waals surface area contributed by atoms with E-state index in [0.29, 0.717) is 37.5 Å². The van der Waals surface area contributed by atoms with Crippen LogP contribution in [0.4, 0.5) is 0 Å². The fourth-order valence-electron chi connectivity index (χ4n) is 5.35. The minimum absolute atomic E-state index is 0.0397. The second-order valence-electron chi connectivity index (χ2n) is 11.6. The molecular formula is C31H53N3O6. The highest BCUT2D eigenvalue weighted by molar-refractivity contribution is 5.96. The number of aliphatic hydroxyl groups excluding tert-OH is 1. The van der Waals surface area contributed by atoms with Crippen molar-refractivity contribution in [3.05, 3.63) is 29.8 Å². The Morgan fingerprint density at radius 2 is 1.73 bits per heavy atom. The van der Waals surface area contributed by atoms with Crippen LogP contribution >= 0.6 is 0 Å². The standard InChI is InChI=1S/C31H53N3O6/c1-22(2)23(20-33-29(36)25-15-9-10-16-28(25)40-18-12-11-17-38-4)19-26(32)27(35)21-34-30(37)31(3,39-5)24-13-7-6-8-14-24/h9-10,15-16,22-24,26-27,35H,6-8,11-14,17-21,32H2,1-5H3,(H,33,36)(H,34,37)/t23?,26?,27?,31-/m1/s1. The maximum absolute atomic E-state index is 13.1. The average Bonchev–Trinajstić information content (AvgIpc) is 2.97. The topological polar surface area (TPSA) is 132 Å². The molecule has 5 N–H and O–H groups in total. The van der Waals surface area contributed by atoms with Crippen molar-refractivity contribution in [3.8, 4) is 5.75 Å². The van der Waals surface area contributed by atoms with E-state index < -0.39 is 17.7 Å². The van der Waals surface area contributed by atoms with Crippen LogP contribution in [-0.2, 0) is 14.3 Å². The summed E-state index contributed by atoms with van der Waals surface area (Å²) in [6.45, 7) is 7.64. The first-order valence-corrected chi connectivity index (χ1v) is 14.9. The number of para-hydroxylation sites is 1. The van der Waals surface area contributed by atoms with E-state index in [0.717, 1.165) is 38.5 Å². The summed E-state index contributed by atoms with van der Waals surface area (Å²) >= 11 is 0. The van der Waals surface area contributed by atoms with Gasteiger partial charge in [0.25, 0.3) is 11.8 Å². The molecule has 0 radical (unpaired) electrons. The largest absolute Gasteiger partial charge is 0.493 e. The number of rotatable bonds is 18. The molecule has 2 amide bonds. The lowest BCUT2D eigenvalue weighted by Gasteiger charge is -2.37. The van der Waals surface area contributed by atoms with Gasteiger partial charge in [0.15, 0.2) is 0 Å². The van der Waals surface area contributed by atoms with Gasteiger partial charge in [0, 0.05) is 40.0 Å². The molecule has 1 fully saturated rings. The smallest absolute Gasteiger partial charge is 0.255 e. The summed E-state index contributed by atoms with van der Waals surface area (Å²) in [5.41, 5.74) is 5.95. The number of hydrogen-bond acceptors (Lipinski definition) is 7. The molecule has 1 aromatic carbocycles. The normalized spacial score (nSPS) is 18.0. The Balaban J connectivity index is 1.88. The Morgan fingerprint density at radius 1 is 1.05 bits per heavy atom. The van der Waals surface area contributed by atoms with E-state index in [1.807, 2.05) is 19.1 Å². The molecule has 0 heterocycles. The van der Waals surface area contributed by atoms with Crippen molar-refractivity contribution in [2.75, 3.05) is 40.5 Å². The molecule has 4 atom stereocenters. The van der Waals surface area contributed by atoms with E-state index in [1.54, 1.807) is 26.4 Å². The molecule has 1 aromatic rings. The van der Waals surface area contributed by atoms with Gasteiger partial charge in [-0.1, -0.05) is 45.2 Å². The zero-order valence-corrected chi connectivity index (χ0v) is 25.2. The Morgan fingerprint density at radius 3 is 2.38 bits per heavy atom. The SMILES string of the molecule is COCCCCOc1ccccc1C(=O)NCC(CC(N)C(O)CNC(=O)[C@](C)(OC)C1CCCCC1)C(C)C. The van der Waals surface area contributed by atoms with Gasteiger partial charge in [0.05, 0.1) is 18.3 Å². The van der Waals surface area contributed by atoms with Gasteiger partial charge in [-0.05, 0) is 68.9 Å². The molecule has 0 spiro atoms. The maximum atomic E-state index is 13.1. The van der Waals surface area contributed by atoms with Gasteiger partial charge < -0.3 is 35.7 Å². The first kappa shape index (κ1) is 34.0. The highest BCUT2D eigenvalue weighted by Gasteiger charge is 2.42. The number of nitrogens with one attached hydrogen (secondary N) is 2. The quantitative estimate of drug-likeness (QED) is 0.200. The summed E-state index contributed by atoms with van der Waals surface area (Å²) in [4.78, 5) is 26.1. The predicted molar refractivity (Wildman–Crippen MR) is 157 cm³/mol. The lowest BCUT2D eigenvalue weighted by Crippen LogP contribution is -2.54. The molecule has 1 aliphatic carbocycles. The molecule has 3 unspecified atom stereocenters. The number of aliphatic hydroxyl groups is 1. The minimum atomic E-state index is -0.918. The number of carbonyl (C=O) groups is 2. The third-order valence-corrected chi connectivity index (χ3v) is 8.40. The molecular weight excluding hydrogens is 510 g/mol. The van der Waals surface area contributed by atoms with E-state index in [4.69, 9.17) is 19.9 Å². The van der Waals surface area contributed by atoms with Gasteiger partial charge in [0.2, 0.25) is 0 Å². The minimum Gasteiger partial charge on any atom is -0.493 e. The summed E-state index contributed by atoms with van der Waals surface area (Å²) in [6.07, 6.45) is 6.64. The average molecular weight is 564 g/mol. The lowest BCUT2D eigenvalue weighted by molar-refractivity contribution is -0.150. The number of hydrogen-bond donors (Lipinski definition) is 4. The van der Waals surface area contributed by atoms with Crippen LogP contribution in [0, 0.1) is 17.8 Å². The molecule has 0 aromatic heterocycles. The van der Waals surface area contributed by atoms with Crippen LogP contribution in [0.15, 0.2) is 24.3 Å². The number of amides is 2. The first-order valence-electron chi connectivity index (χ1n) is 14.9. The van der Waals surface area contributed by atoms with Crippen molar-refractivity contribution in [1.82, 2.24) is 10.6 Å². The van der Waals surface area contributed by atoms with E-state index in [1.165, 1.54) is 6.42 Å². The van der Waals surface area contributed by atoms with Crippen LogP contribution in [0.1, 0.15) is 82.5 Å². The third kappa shape index (κ3) is 10.3. The number of methoxy groups -OCH3 is 2.